The molecule has 5 heteroatoms. The number of hydrogen-bond acceptors (Lipinski definition) is 3. The fourth-order valence-corrected chi connectivity index (χ4v) is 1.37. The lowest BCUT2D eigenvalue weighted by Gasteiger charge is -2.20. The predicted octanol–water partition coefficient (Wildman–Crippen LogP) is 1.78. The number of amides is 1. The van der Waals surface area contributed by atoms with E-state index in [1.807, 2.05) is 19.9 Å². The third kappa shape index (κ3) is 7.49. The van der Waals surface area contributed by atoms with Gasteiger partial charge in [-0.25, -0.2) is 0 Å². The van der Waals surface area contributed by atoms with Crippen molar-refractivity contribution in [1.29, 1.82) is 5.26 Å². The fraction of sp³-hybridized carbons (Fsp3) is 0.818. The van der Waals surface area contributed by atoms with Crippen molar-refractivity contribution in [3.8, 4) is 6.07 Å². The van der Waals surface area contributed by atoms with Crippen LogP contribution in [0.15, 0.2) is 0 Å². The van der Waals surface area contributed by atoms with E-state index in [0.29, 0.717) is 26.1 Å². The van der Waals surface area contributed by atoms with Crippen molar-refractivity contribution in [2.45, 2.75) is 32.8 Å². The lowest BCUT2D eigenvalue weighted by atomic mass is 10.3. The van der Waals surface area contributed by atoms with Gasteiger partial charge in [-0.2, -0.15) is 5.26 Å². The molecule has 1 amide bonds. The molecule has 0 radical (unpaired) electrons. The summed E-state index contributed by atoms with van der Waals surface area (Å²) in [5, 5.41) is 8.47. The topological polar surface area (TPSA) is 53.3 Å². The van der Waals surface area contributed by atoms with Gasteiger partial charge in [0.25, 0.3) is 0 Å². The quantitative estimate of drug-likeness (QED) is 0.485. The van der Waals surface area contributed by atoms with E-state index in [-0.39, 0.29) is 17.9 Å². The molecule has 0 rings (SSSR count). The van der Waals surface area contributed by atoms with Gasteiger partial charge in [0.15, 0.2) is 0 Å². The first kappa shape index (κ1) is 15.2. The van der Waals surface area contributed by atoms with Gasteiger partial charge in [0.2, 0.25) is 5.91 Å². The minimum atomic E-state index is -0.124. The number of carbonyl (C=O) groups excluding carboxylic acids is 1. The summed E-state index contributed by atoms with van der Waals surface area (Å²) in [4.78, 5) is 13.0. The van der Waals surface area contributed by atoms with E-state index in [9.17, 15) is 4.79 Å². The number of ether oxygens (including phenoxy) is 1. The second kappa shape index (κ2) is 9.44. The third-order valence-electron chi connectivity index (χ3n) is 1.98. The minimum Gasteiger partial charge on any atom is -0.379 e. The zero-order valence-corrected chi connectivity index (χ0v) is 10.7. The van der Waals surface area contributed by atoms with Crippen LogP contribution < -0.4 is 0 Å². The van der Waals surface area contributed by atoms with Crippen LogP contribution in [0.1, 0.15) is 26.7 Å². The second-order valence-corrected chi connectivity index (χ2v) is 3.96. The fourth-order valence-electron chi connectivity index (χ4n) is 1.21. The van der Waals surface area contributed by atoms with Crippen molar-refractivity contribution in [2.24, 2.45) is 0 Å². The molecule has 16 heavy (non-hydrogen) atoms. The van der Waals surface area contributed by atoms with Crippen LogP contribution in [0.4, 0.5) is 0 Å². The van der Waals surface area contributed by atoms with Crippen molar-refractivity contribution < 1.29 is 9.53 Å². The van der Waals surface area contributed by atoms with Gasteiger partial charge in [-0.1, -0.05) is 0 Å². The van der Waals surface area contributed by atoms with Gasteiger partial charge in [0, 0.05) is 19.7 Å². The Morgan fingerprint density at radius 3 is 2.69 bits per heavy atom. The van der Waals surface area contributed by atoms with Gasteiger partial charge in [0.05, 0.1) is 18.6 Å². The van der Waals surface area contributed by atoms with E-state index in [0.717, 1.165) is 6.42 Å². The summed E-state index contributed by atoms with van der Waals surface area (Å²) >= 11 is 5.48. The Labute approximate surface area is 102 Å². The van der Waals surface area contributed by atoms with Crippen LogP contribution >= 0.6 is 11.6 Å². The van der Waals surface area contributed by atoms with E-state index in [2.05, 4.69) is 0 Å². The average molecular weight is 247 g/mol. The number of nitrogens with zero attached hydrogens (tertiary/aromatic N) is 2. The van der Waals surface area contributed by atoms with Crippen molar-refractivity contribution in [3.05, 3.63) is 0 Å². The molecule has 0 aliphatic heterocycles. The number of nitriles is 1. The molecule has 4 nitrogen and oxygen atoms in total. The summed E-state index contributed by atoms with van der Waals surface area (Å²) in [5.74, 6) is -0.155. The molecule has 92 valence electrons. The molecule has 0 heterocycles. The van der Waals surface area contributed by atoms with E-state index in [1.165, 1.54) is 0 Å². The van der Waals surface area contributed by atoms with E-state index < -0.39 is 0 Å². The van der Waals surface area contributed by atoms with Gasteiger partial charge in [0.1, 0.15) is 5.88 Å². The number of rotatable bonds is 8. The predicted molar refractivity (Wildman–Crippen MR) is 63.2 cm³/mol. The van der Waals surface area contributed by atoms with Crippen LogP contribution in [0.5, 0.6) is 0 Å². The Morgan fingerprint density at radius 2 is 2.19 bits per heavy atom. The monoisotopic (exact) mass is 246 g/mol. The first-order chi connectivity index (χ1) is 7.61. The molecule has 0 spiro atoms. The van der Waals surface area contributed by atoms with Crippen molar-refractivity contribution in [3.63, 3.8) is 0 Å². The van der Waals surface area contributed by atoms with Gasteiger partial charge in [-0.05, 0) is 20.3 Å². The highest BCUT2D eigenvalue weighted by molar-refractivity contribution is 6.27. The zero-order valence-electron chi connectivity index (χ0n) is 9.91. The van der Waals surface area contributed by atoms with Crippen LogP contribution in [0, 0.1) is 11.3 Å². The van der Waals surface area contributed by atoms with Crippen LogP contribution in [-0.4, -0.2) is 42.5 Å². The summed E-state index contributed by atoms with van der Waals surface area (Å²) in [5.41, 5.74) is 0. The Hall–Kier alpha value is -0.790. The van der Waals surface area contributed by atoms with Gasteiger partial charge in [-0.3, -0.25) is 4.79 Å². The number of halogens is 1. The Bertz CT molecular complexity index is 239. The molecule has 0 saturated heterocycles. The molecule has 0 atom stereocenters. The molecule has 0 aromatic heterocycles. The van der Waals surface area contributed by atoms with Crippen molar-refractivity contribution in [2.75, 3.05) is 25.6 Å². The molecule has 0 aromatic rings. The van der Waals surface area contributed by atoms with Gasteiger partial charge in [-0.15, -0.1) is 11.6 Å². The largest absolute Gasteiger partial charge is 0.379 e. The molecular formula is C11H19ClN2O2. The number of hydrogen-bond donors (Lipinski definition) is 0. The molecule has 0 bridgehead atoms. The second-order valence-electron chi connectivity index (χ2n) is 3.70. The Balaban J connectivity index is 3.83. The molecular weight excluding hydrogens is 228 g/mol. The number of carbonyl (C=O) groups is 1. The average Bonchev–Trinajstić information content (AvgIpc) is 2.26. The normalized spacial score (nSPS) is 10.2. The molecule has 0 aliphatic rings. The van der Waals surface area contributed by atoms with E-state index in [1.54, 1.807) is 4.90 Å². The van der Waals surface area contributed by atoms with Crippen LogP contribution in [0.3, 0.4) is 0 Å². The van der Waals surface area contributed by atoms with Gasteiger partial charge < -0.3 is 9.64 Å². The molecule has 0 saturated carbocycles. The highest BCUT2D eigenvalue weighted by Crippen LogP contribution is 1.99. The van der Waals surface area contributed by atoms with Crippen molar-refractivity contribution in [1.82, 2.24) is 4.90 Å². The summed E-state index contributed by atoms with van der Waals surface area (Å²) in [6.07, 6.45) is 1.32. The maximum absolute atomic E-state index is 11.4. The summed E-state index contributed by atoms with van der Waals surface area (Å²) in [6, 6.07) is 2.02. The Kier molecular flexibility index (Phi) is 8.97. The molecule has 0 unspecified atom stereocenters. The van der Waals surface area contributed by atoms with Crippen LogP contribution in [-0.2, 0) is 9.53 Å². The molecule has 0 aliphatic carbocycles. The standard InChI is InChI=1S/C11H19ClN2O2/c1-10(2)16-8-4-7-14(6-3-5-13)11(15)9-12/h10H,3-4,6-9H2,1-2H3. The van der Waals surface area contributed by atoms with E-state index in [4.69, 9.17) is 21.6 Å². The first-order valence-electron chi connectivity index (χ1n) is 5.44. The highest BCUT2D eigenvalue weighted by Gasteiger charge is 2.11. The first-order valence-corrected chi connectivity index (χ1v) is 5.97. The molecule has 0 N–H and O–H groups in total. The lowest BCUT2D eigenvalue weighted by Crippen LogP contribution is -2.34. The lowest BCUT2D eigenvalue weighted by molar-refractivity contribution is -0.128. The van der Waals surface area contributed by atoms with E-state index >= 15 is 0 Å². The zero-order chi connectivity index (χ0) is 12.4. The number of alkyl halides is 1. The Morgan fingerprint density at radius 1 is 1.50 bits per heavy atom. The third-order valence-corrected chi connectivity index (χ3v) is 2.21. The minimum absolute atomic E-state index is 0.0313. The van der Waals surface area contributed by atoms with Gasteiger partial charge >= 0.3 is 0 Å². The summed E-state index contributed by atoms with van der Waals surface area (Å²) in [7, 11) is 0. The van der Waals surface area contributed by atoms with Crippen molar-refractivity contribution >= 4 is 17.5 Å². The maximum Gasteiger partial charge on any atom is 0.237 e. The SMILES string of the molecule is CC(C)OCCCN(CCC#N)C(=O)CCl. The van der Waals surface area contributed by atoms with Crippen LogP contribution in [0.25, 0.3) is 0 Å². The molecule has 0 aromatic carbocycles. The summed E-state index contributed by atoms with van der Waals surface area (Å²) < 4.78 is 5.37. The smallest absolute Gasteiger partial charge is 0.237 e. The maximum atomic E-state index is 11.4. The highest BCUT2D eigenvalue weighted by atomic mass is 35.5. The van der Waals surface area contributed by atoms with Crippen LogP contribution in [0.2, 0.25) is 0 Å². The molecule has 0 fully saturated rings. The summed E-state index contributed by atoms with van der Waals surface area (Å²) in [6.45, 7) is 5.61.